The van der Waals surface area contributed by atoms with E-state index in [1.165, 1.54) is 35.2 Å². The van der Waals surface area contributed by atoms with E-state index < -0.39 is 32.4 Å². The molecule has 0 N–H and O–H groups in total. The minimum absolute atomic E-state index is 0.0735. The molecule has 2 aromatic rings. The molecule has 1 saturated heterocycles. The largest absolute Gasteiger partial charge is 0.465 e. The average molecular weight is 446 g/mol. The number of nitrogens with zero attached hydrogens (tertiary/aromatic N) is 2. The van der Waals surface area contributed by atoms with Gasteiger partial charge in [-0.05, 0) is 42.5 Å². The van der Waals surface area contributed by atoms with E-state index in [0.717, 1.165) is 18.2 Å². The van der Waals surface area contributed by atoms with Crippen LogP contribution in [0.1, 0.15) is 10.4 Å². The fraction of sp³-hybridized carbons (Fsp3) is 0.238. The number of amides is 1. The summed E-state index contributed by atoms with van der Waals surface area (Å²) in [5, 5.41) is 0. The Labute approximate surface area is 178 Å². The van der Waals surface area contributed by atoms with E-state index in [0.29, 0.717) is 24.5 Å². The molecule has 8 nitrogen and oxygen atoms in total. The molecule has 10 heteroatoms. The molecule has 4 rings (SSSR count). The van der Waals surface area contributed by atoms with Gasteiger partial charge in [0.2, 0.25) is 9.84 Å². The Balaban J connectivity index is 1.83. The van der Waals surface area contributed by atoms with Gasteiger partial charge < -0.3 is 19.3 Å². The zero-order valence-corrected chi connectivity index (χ0v) is 17.4. The van der Waals surface area contributed by atoms with Crippen LogP contribution >= 0.6 is 0 Å². The van der Waals surface area contributed by atoms with Gasteiger partial charge in [0.15, 0.2) is 4.91 Å². The minimum Gasteiger partial charge on any atom is -0.465 e. The number of hydrogen-bond acceptors (Lipinski definition) is 7. The number of fused-ring (bicyclic) bond motifs is 1. The van der Waals surface area contributed by atoms with Gasteiger partial charge in [-0.2, -0.15) is 0 Å². The molecule has 2 heterocycles. The molecule has 0 radical (unpaired) electrons. The Morgan fingerprint density at radius 1 is 1.06 bits per heavy atom. The second-order valence-corrected chi connectivity index (χ2v) is 8.81. The Bertz CT molecular complexity index is 1170. The number of carbonyl (C=O) groups is 2. The van der Waals surface area contributed by atoms with Crippen LogP contribution in [-0.4, -0.2) is 58.6 Å². The highest BCUT2D eigenvalue weighted by atomic mass is 32.2. The summed E-state index contributed by atoms with van der Waals surface area (Å²) in [7, 11) is -2.91. The fourth-order valence-corrected chi connectivity index (χ4v) is 4.98. The van der Waals surface area contributed by atoms with Crippen molar-refractivity contribution in [1.29, 1.82) is 0 Å². The lowest BCUT2D eigenvalue weighted by atomic mass is 10.1. The summed E-state index contributed by atoms with van der Waals surface area (Å²) in [4.78, 5) is 27.0. The van der Waals surface area contributed by atoms with Crippen LogP contribution in [0.3, 0.4) is 0 Å². The van der Waals surface area contributed by atoms with Crippen molar-refractivity contribution in [3.63, 3.8) is 0 Å². The molecule has 1 amide bonds. The third-order valence-corrected chi connectivity index (χ3v) is 6.86. The molecule has 0 aromatic heterocycles. The number of ether oxygens (including phenoxy) is 2. The van der Waals surface area contributed by atoms with E-state index in [4.69, 9.17) is 4.74 Å². The van der Waals surface area contributed by atoms with Crippen molar-refractivity contribution in [2.45, 2.75) is 4.90 Å². The molecule has 2 aliphatic heterocycles. The second-order valence-electron chi connectivity index (χ2n) is 6.92. The summed E-state index contributed by atoms with van der Waals surface area (Å²) in [6.07, 6.45) is 1.20. The maximum atomic E-state index is 14.0. The molecule has 0 saturated carbocycles. The molecule has 2 aromatic carbocycles. The Morgan fingerprint density at radius 3 is 2.39 bits per heavy atom. The Kier molecular flexibility index (Phi) is 5.50. The quantitative estimate of drug-likeness (QED) is 0.527. The van der Waals surface area contributed by atoms with Gasteiger partial charge in [-0.1, -0.05) is 0 Å². The first-order chi connectivity index (χ1) is 14.8. The summed E-state index contributed by atoms with van der Waals surface area (Å²) in [6.45, 7) is 1.19. The van der Waals surface area contributed by atoms with Gasteiger partial charge in [0.05, 0.1) is 36.5 Å². The van der Waals surface area contributed by atoms with E-state index in [9.17, 15) is 22.4 Å². The predicted octanol–water partition coefficient (Wildman–Crippen LogP) is 2.24. The molecular formula is C21H19FN2O6S. The van der Waals surface area contributed by atoms with Crippen molar-refractivity contribution >= 4 is 33.1 Å². The van der Waals surface area contributed by atoms with Crippen molar-refractivity contribution in [1.82, 2.24) is 4.90 Å². The molecule has 0 aliphatic carbocycles. The van der Waals surface area contributed by atoms with Crippen LogP contribution in [-0.2, 0) is 24.1 Å². The lowest BCUT2D eigenvalue weighted by Crippen LogP contribution is -2.43. The van der Waals surface area contributed by atoms with Crippen molar-refractivity contribution < 1.29 is 31.9 Å². The van der Waals surface area contributed by atoms with E-state index >= 15 is 0 Å². The van der Waals surface area contributed by atoms with Gasteiger partial charge in [0.1, 0.15) is 5.82 Å². The number of esters is 1. The van der Waals surface area contributed by atoms with Crippen LogP contribution in [0.25, 0.3) is 0 Å². The molecule has 162 valence electrons. The first-order valence-corrected chi connectivity index (χ1v) is 10.9. The highest BCUT2D eigenvalue weighted by Crippen LogP contribution is 2.40. The van der Waals surface area contributed by atoms with Crippen LogP contribution in [0.15, 0.2) is 58.5 Å². The zero-order chi connectivity index (χ0) is 22.2. The van der Waals surface area contributed by atoms with Crippen molar-refractivity contribution in [2.75, 3.05) is 38.3 Å². The highest BCUT2D eigenvalue weighted by molar-refractivity contribution is 7.96. The van der Waals surface area contributed by atoms with Crippen LogP contribution in [0, 0.1) is 5.82 Å². The van der Waals surface area contributed by atoms with Gasteiger partial charge in [-0.15, -0.1) is 0 Å². The van der Waals surface area contributed by atoms with Crippen LogP contribution < -0.4 is 4.90 Å². The first-order valence-electron chi connectivity index (χ1n) is 9.44. The van der Waals surface area contributed by atoms with E-state index in [1.54, 1.807) is 12.1 Å². The van der Waals surface area contributed by atoms with Gasteiger partial charge in [0.25, 0.3) is 5.91 Å². The Morgan fingerprint density at radius 2 is 1.74 bits per heavy atom. The smallest absolute Gasteiger partial charge is 0.337 e. The van der Waals surface area contributed by atoms with Gasteiger partial charge in [0, 0.05) is 25.0 Å². The summed E-state index contributed by atoms with van der Waals surface area (Å²) in [5.41, 5.74) is 0.815. The first kappa shape index (κ1) is 21.0. The monoisotopic (exact) mass is 446 g/mol. The highest BCUT2D eigenvalue weighted by Gasteiger charge is 2.38. The molecule has 0 bridgehead atoms. The fourth-order valence-electron chi connectivity index (χ4n) is 3.46. The summed E-state index contributed by atoms with van der Waals surface area (Å²) >= 11 is 0. The number of carbonyl (C=O) groups excluding carboxylic acids is 2. The third kappa shape index (κ3) is 3.79. The molecule has 31 heavy (non-hydrogen) atoms. The topological polar surface area (TPSA) is 93.2 Å². The van der Waals surface area contributed by atoms with Crippen molar-refractivity contribution in [2.24, 2.45) is 0 Å². The second kappa shape index (κ2) is 8.12. The van der Waals surface area contributed by atoms with Crippen LogP contribution in [0.2, 0.25) is 0 Å². The summed E-state index contributed by atoms with van der Waals surface area (Å²) in [5.74, 6) is -1.80. The normalized spacial score (nSPS) is 17.5. The number of halogens is 1. The number of methoxy groups -OCH3 is 1. The predicted molar refractivity (Wildman–Crippen MR) is 109 cm³/mol. The summed E-state index contributed by atoms with van der Waals surface area (Å²) < 4.78 is 50.3. The SMILES string of the molecule is COC(=O)c1ccc(N2C=C(C(=O)N3CCOCC3)S(=O)(=O)c3ccc(F)cc32)cc1. The molecule has 0 unspecified atom stereocenters. The molecular weight excluding hydrogens is 427 g/mol. The maximum absolute atomic E-state index is 14.0. The molecule has 0 spiro atoms. The average Bonchev–Trinajstić information content (AvgIpc) is 2.79. The molecule has 1 fully saturated rings. The number of anilines is 2. The lowest BCUT2D eigenvalue weighted by molar-refractivity contribution is -0.130. The minimum atomic E-state index is -4.17. The number of benzene rings is 2. The van der Waals surface area contributed by atoms with Crippen LogP contribution in [0.4, 0.5) is 15.8 Å². The zero-order valence-electron chi connectivity index (χ0n) is 16.6. The van der Waals surface area contributed by atoms with Gasteiger partial charge >= 0.3 is 5.97 Å². The standard InChI is InChI=1S/C21H19FN2O6S/c1-29-21(26)14-2-5-16(6-3-14)24-13-19(20(25)23-8-10-30-11-9-23)31(27,28)18-7-4-15(22)12-17(18)24/h2-7,12-13H,8-11H2,1H3. The van der Waals surface area contributed by atoms with Crippen LogP contribution in [0.5, 0.6) is 0 Å². The van der Waals surface area contributed by atoms with Crippen molar-refractivity contribution in [3.8, 4) is 0 Å². The van der Waals surface area contributed by atoms with E-state index in [1.807, 2.05) is 0 Å². The van der Waals surface area contributed by atoms with Crippen molar-refractivity contribution in [3.05, 3.63) is 65.0 Å². The van der Waals surface area contributed by atoms with E-state index in [-0.39, 0.29) is 23.7 Å². The molecule has 0 atom stereocenters. The lowest BCUT2D eigenvalue weighted by Gasteiger charge is -2.32. The summed E-state index contributed by atoms with van der Waals surface area (Å²) in [6, 6.07) is 9.40. The number of rotatable bonds is 3. The number of hydrogen-bond donors (Lipinski definition) is 0. The third-order valence-electron chi connectivity index (χ3n) is 5.08. The Hall–Kier alpha value is -3.24. The van der Waals surface area contributed by atoms with Gasteiger partial charge in [-0.25, -0.2) is 17.6 Å². The number of sulfone groups is 1. The van der Waals surface area contributed by atoms with Gasteiger partial charge in [-0.3, -0.25) is 4.79 Å². The molecule has 2 aliphatic rings. The van der Waals surface area contributed by atoms with E-state index in [2.05, 4.69) is 4.74 Å². The maximum Gasteiger partial charge on any atom is 0.337 e. The number of morpholine rings is 1.